The predicted molar refractivity (Wildman–Crippen MR) is 101 cm³/mol. The number of ether oxygens (including phenoxy) is 1. The van der Waals surface area contributed by atoms with Gasteiger partial charge >= 0.3 is 6.61 Å². The minimum atomic E-state index is -2.89. The number of carbonyl (C=O) groups is 1. The third-order valence-electron chi connectivity index (χ3n) is 4.04. The highest BCUT2D eigenvalue weighted by Gasteiger charge is 2.20. The number of alkyl halides is 2. The van der Waals surface area contributed by atoms with Gasteiger partial charge in [-0.15, -0.1) is 0 Å². The maximum atomic E-state index is 12.5. The van der Waals surface area contributed by atoms with Gasteiger partial charge in [-0.25, -0.2) is 0 Å². The number of likely N-dealkylation sites (N-methyl/N-ethyl adjacent to an activating group) is 1. The lowest BCUT2D eigenvalue weighted by Gasteiger charge is -2.24. The molecule has 0 saturated heterocycles. The van der Waals surface area contributed by atoms with Crippen LogP contribution in [0, 0.1) is 10.1 Å². The van der Waals surface area contributed by atoms with Crippen LogP contribution in [0.3, 0.4) is 0 Å². The lowest BCUT2D eigenvalue weighted by atomic mass is 10.1. The van der Waals surface area contributed by atoms with Gasteiger partial charge < -0.3 is 10.1 Å². The second-order valence-electron chi connectivity index (χ2n) is 6.02. The van der Waals surface area contributed by atoms with Gasteiger partial charge in [0.1, 0.15) is 5.75 Å². The zero-order chi connectivity index (χ0) is 20.8. The Morgan fingerprint density at radius 2 is 1.93 bits per heavy atom. The molecular weight excluding hydrogens is 396 g/mol. The number of hydrogen-bond acceptors (Lipinski definition) is 5. The van der Waals surface area contributed by atoms with E-state index in [4.69, 9.17) is 11.6 Å². The molecule has 0 bridgehead atoms. The van der Waals surface area contributed by atoms with E-state index < -0.39 is 23.5 Å². The maximum Gasteiger partial charge on any atom is 0.387 e. The summed E-state index contributed by atoms with van der Waals surface area (Å²) in [5.41, 5.74) is 0.749. The third-order valence-corrected chi connectivity index (χ3v) is 4.37. The van der Waals surface area contributed by atoms with E-state index in [-0.39, 0.29) is 22.1 Å². The number of nitro benzene ring substituents is 1. The van der Waals surface area contributed by atoms with Crippen LogP contribution in [0.5, 0.6) is 5.75 Å². The van der Waals surface area contributed by atoms with E-state index >= 15 is 0 Å². The fourth-order valence-corrected chi connectivity index (χ4v) is 2.53. The minimum absolute atomic E-state index is 0.0486. The second kappa shape index (κ2) is 9.43. The fraction of sp³-hybridized carbons (Fsp3) is 0.278. The molecule has 0 heterocycles. The summed E-state index contributed by atoms with van der Waals surface area (Å²) in [6.07, 6.45) is 0. The van der Waals surface area contributed by atoms with Crippen molar-refractivity contribution in [3.8, 4) is 5.75 Å². The van der Waals surface area contributed by atoms with Gasteiger partial charge in [-0.2, -0.15) is 8.78 Å². The molecule has 2 aromatic carbocycles. The van der Waals surface area contributed by atoms with E-state index in [2.05, 4.69) is 10.1 Å². The van der Waals surface area contributed by atoms with Crippen LogP contribution >= 0.6 is 11.6 Å². The number of carbonyl (C=O) groups excluding carboxylic acids is 1. The van der Waals surface area contributed by atoms with E-state index in [0.29, 0.717) is 6.54 Å². The summed E-state index contributed by atoms with van der Waals surface area (Å²) in [5.74, 6) is -0.352. The smallest absolute Gasteiger partial charge is 0.387 e. The molecule has 0 aliphatic heterocycles. The lowest BCUT2D eigenvalue weighted by Crippen LogP contribution is -2.39. The van der Waals surface area contributed by atoms with Crippen molar-refractivity contribution in [3.05, 3.63) is 63.2 Å². The zero-order valence-electron chi connectivity index (χ0n) is 15.1. The van der Waals surface area contributed by atoms with Gasteiger partial charge in [0.2, 0.25) is 5.91 Å². The van der Waals surface area contributed by atoms with E-state index in [0.717, 1.165) is 5.56 Å². The molecule has 0 spiro atoms. The molecular formula is C18H18ClF2N3O4. The monoisotopic (exact) mass is 413 g/mol. The molecule has 1 amide bonds. The summed E-state index contributed by atoms with van der Waals surface area (Å²) in [7, 11) is 1.71. The number of benzene rings is 2. The number of nitrogens with zero attached hydrogens (tertiary/aromatic N) is 2. The van der Waals surface area contributed by atoms with Crippen molar-refractivity contribution in [2.45, 2.75) is 26.1 Å². The Balaban J connectivity index is 2.00. The van der Waals surface area contributed by atoms with Crippen molar-refractivity contribution < 1.29 is 23.2 Å². The van der Waals surface area contributed by atoms with E-state index in [1.807, 2.05) is 0 Å². The highest BCUT2D eigenvalue weighted by atomic mass is 35.5. The number of rotatable bonds is 8. The first kappa shape index (κ1) is 21.5. The summed E-state index contributed by atoms with van der Waals surface area (Å²) in [4.78, 5) is 24.5. The highest BCUT2D eigenvalue weighted by molar-refractivity contribution is 6.33. The molecule has 0 aliphatic rings. The van der Waals surface area contributed by atoms with Gasteiger partial charge in [-0.3, -0.25) is 19.8 Å². The number of anilines is 1. The molecule has 0 aromatic heterocycles. The summed E-state index contributed by atoms with van der Waals surface area (Å²) in [5, 5.41) is 13.6. The molecule has 28 heavy (non-hydrogen) atoms. The van der Waals surface area contributed by atoms with Crippen molar-refractivity contribution in [2.75, 3.05) is 12.4 Å². The van der Waals surface area contributed by atoms with Crippen LogP contribution in [-0.4, -0.2) is 35.4 Å². The Labute approximate surface area is 165 Å². The van der Waals surface area contributed by atoms with Crippen molar-refractivity contribution in [1.29, 1.82) is 0 Å². The number of non-ortho nitro benzene ring substituents is 1. The summed E-state index contributed by atoms with van der Waals surface area (Å²) >= 11 is 5.99. The average Bonchev–Trinajstić information content (AvgIpc) is 2.63. The summed E-state index contributed by atoms with van der Waals surface area (Å²) in [6.45, 7) is -0.862. The molecule has 0 saturated carbocycles. The van der Waals surface area contributed by atoms with Crippen LogP contribution in [-0.2, 0) is 11.3 Å². The van der Waals surface area contributed by atoms with Crippen LogP contribution in [0.2, 0.25) is 5.02 Å². The van der Waals surface area contributed by atoms with Gasteiger partial charge in [0.05, 0.1) is 21.7 Å². The summed E-state index contributed by atoms with van der Waals surface area (Å²) in [6, 6.07) is 9.27. The predicted octanol–water partition coefficient (Wildman–Crippen LogP) is 4.31. The van der Waals surface area contributed by atoms with E-state index in [9.17, 15) is 23.7 Å². The standard InChI is InChI=1S/C18H18ClF2N3O4/c1-11(17(25)22-16-9-13(24(26)27)5-8-15(16)19)23(2)10-12-3-6-14(7-4-12)28-18(20)21/h3-9,11,18H,10H2,1-2H3,(H,22,25)/t11-/m0/s1. The van der Waals surface area contributed by atoms with Gasteiger partial charge in [-0.1, -0.05) is 23.7 Å². The minimum Gasteiger partial charge on any atom is -0.435 e. The Kier molecular flexibility index (Phi) is 7.24. The maximum absolute atomic E-state index is 12.5. The Bertz CT molecular complexity index is 849. The first-order valence-corrected chi connectivity index (χ1v) is 8.54. The molecule has 2 rings (SSSR count). The van der Waals surface area contributed by atoms with Crippen LogP contribution in [0.1, 0.15) is 12.5 Å². The van der Waals surface area contributed by atoms with Crippen LogP contribution in [0.25, 0.3) is 0 Å². The van der Waals surface area contributed by atoms with Gasteiger partial charge in [-0.05, 0) is 37.7 Å². The zero-order valence-corrected chi connectivity index (χ0v) is 15.8. The van der Waals surface area contributed by atoms with Crippen molar-refractivity contribution in [3.63, 3.8) is 0 Å². The number of nitrogens with one attached hydrogen (secondary N) is 1. The van der Waals surface area contributed by atoms with Gasteiger partial charge in [0, 0.05) is 18.7 Å². The van der Waals surface area contributed by atoms with E-state index in [1.54, 1.807) is 31.0 Å². The molecule has 2 aromatic rings. The molecule has 10 heteroatoms. The molecule has 0 aliphatic carbocycles. The first-order valence-electron chi connectivity index (χ1n) is 8.16. The molecule has 1 N–H and O–H groups in total. The Morgan fingerprint density at radius 3 is 2.50 bits per heavy atom. The number of halogens is 3. The van der Waals surface area contributed by atoms with Crippen molar-refractivity contribution in [2.24, 2.45) is 0 Å². The SMILES string of the molecule is C[C@@H](C(=O)Nc1cc([N+](=O)[O-])ccc1Cl)N(C)Cc1ccc(OC(F)F)cc1. The molecule has 0 unspecified atom stereocenters. The number of hydrogen-bond donors (Lipinski definition) is 1. The van der Waals surface area contributed by atoms with Crippen LogP contribution in [0.4, 0.5) is 20.2 Å². The topological polar surface area (TPSA) is 84.7 Å². The van der Waals surface area contributed by atoms with Gasteiger partial charge in [0.25, 0.3) is 5.69 Å². The Morgan fingerprint density at radius 1 is 1.29 bits per heavy atom. The fourth-order valence-electron chi connectivity index (χ4n) is 2.36. The molecule has 0 radical (unpaired) electrons. The lowest BCUT2D eigenvalue weighted by molar-refractivity contribution is -0.384. The second-order valence-corrected chi connectivity index (χ2v) is 6.43. The first-order chi connectivity index (χ1) is 13.2. The van der Waals surface area contributed by atoms with Crippen molar-refractivity contribution >= 4 is 28.9 Å². The molecule has 150 valence electrons. The third kappa shape index (κ3) is 5.86. The highest BCUT2D eigenvalue weighted by Crippen LogP contribution is 2.27. The molecule has 1 atom stereocenters. The normalized spacial score (nSPS) is 12.1. The van der Waals surface area contributed by atoms with E-state index in [1.165, 1.54) is 30.3 Å². The van der Waals surface area contributed by atoms with Crippen LogP contribution in [0.15, 0.2) is 42.5 Å². The summed E-state index contributed by atoms with van der Waals surface area (Å²) < 4.78 is 28.7. The van der Waals surface area contributed by atoms with Gasteiger partial charge in [0.15, 0.2) is 0 Å². The average molecular weight is 414 g/mol. The molecule has 0 fully saturated rings. The molecule has 7 nitrogen and oxygen atoms in total. The number of amides is 1. The quantitative estimate of drug-likeness (QED) is 0.515. The largest absolute Gasteiger partial charge is 0.435 e. The Hall–Kier alpha value is -2.78. The number of nitro groups is 1. The van der Waals surface area contributed by atoms with Crippen LogP contribution < -0.4 is 10.1 Å². The van der Waals surface area contributed by atoms with Crippen molar-refractivity contribution in [1.82, 2.24) is 4.90 Å².